The van der Waals surface area contributed by atoms with Crippen LogP contribution in [0.1, 0.15) is 24.0 Å². The highest BCUT2D eigenvalue weighted by atomic mass is 31.2. The highest BCUT2D eigenvalue weighted by Crippen LogP contribution is 2.42. The van der Waals surface area contributed by atoms with Gasteiger partial charge in [0.1, 0.15) is 12.7 Å². The number of anilines is 1. The molecule has 1 fully saturated rings. The van der Waals surface area contributed by atoms with Crippen LogP contribution in [0.15, 0.2) is 24.5 Å². The number of aromatic nitrogens is 3. The molecule has 168 valence electrons. The summed E-state index contributed by atoms with van der Waals surface area (Å²) in [6, 6.07) is 5.05. The third-order valence-corrected chi connectivity index (χ3v) is 6.93. The first-order chi connectivity index (χ1) is 15.1. The Morgan fingerprint density at radius 1 is 1.28 bits per heavy atom. The number of hydrogen-bond donors (Lipinski definition) is 2. The molecule has 1 saturated heterocycles. The van der Waals surface area contributed by atoms with E-state index in [4.69, 9.17) is 4.74 Å². The second-order valence-electron chi connectivity index (χ2n) is 8.03. The van der Waals surface area contributed by atoms with Crippen molar-refractivity contribution in [1.82, 2.24) is 15.0 Å². The van der Waals surface area contributed by atoms with Crippen LogP contribution in [0.25, 0.3) is 22.2 Å². The van der Waals surface area contributed by atoms with Crippen molar-refractivity contribution in [3.63, 3.8) is 0 Å². The molecular weight excluding hydrogens is 442 g/mol. The standard InChI is InChI=1S/C21H21F3N5O2P/c1-32(2,30)19-12(9-25)3-4-14-15(10-26-18(14)19)17-16(21(22,23)24)11-27-20(29-17)28-13-5-7-31-8-6-13/h3-4,10-11,13,26H,5-8H2,1-2H3,(H,27,28,29). The summed E-state index contributed by atoms with van der Waals surface area (Å²) in [5.74, 6) is 0.0970. The van der Waals surface area contributed by atoms with Gasteiger partial charge in [-0.15, -0.1) is 0 Å². The minimum Gasteiger partial charge on any atom is -0.381 e. The quantitative estimate of drug-likeness (QED) is 0.558. The van der Waals surface area contributed by atoms with Crippen LogP contribution >= 0.6 is 7.14 Å². The summed E-state index contributed by atoms with van der Waals surface area (Å²) in [6.45, 7) is 4.16. The van der Waals surface area contributed by atoms with Crippen LogP contribution in [0.3, 0.4) is 0 Å². The lowest BCUT2D eigenvalue weighted by Crippen LogP contribution is -2.28. The lowest BCUT2D eigenvalue weighted by Gasteiger charge is -2.23. The van der Waals surface area contributed by atoms with Gasteiger partial charge >= 0.3 is 6.18 Å². The van der Waals surface area contributed by atoms with E-state index in [1.807, 2.05) is 6.07 Å². The molecule has 32 heavy (non-hydrogen) atoms. The van der Waals surface area contributed by atoms with Gasteiger partial charge < -0.3 is 19.6 Å². The lowest BCUT2D eigenvalue weighted by molar-refractivity contribution is -0.137. The Labute approximate surface area is 182 Å². The van der Waals surface area contributed by atoms with E-state index in [2.05, 4.69) is 20.3 Å². The fourth-order valence-corrected chi connectivity index (χ4v) is 5.35. The number of benzene rings is 1. The average molecular weight is 463 g/mol. The number of ether oxygens (including phenoxy) is 1. The fourth-order valence-electron chi connectivity index (χ4n) is 3.92. The molecular formula is C21H21F3N5O2P. The molecule has 0 aliphatic carbocycles. The summed E-state index contributed by atoms with van der Waals surface area (Å²) in [4.78, 5) is 11.0. The van der Waals surface area contributed by atoms with Crippen molar-refractivity contribution >= 4 is 29.3 Å². The van der Waals surface area contributed by atoms with Crippen LogP contribution in [-0.4, -0.2) is 47.5 Å². The number of nitrogens with zero attached hydrogens (tertiary/aromatic N) is 3. The third-order valence-electron chi connectivity index (χ3n) is 5.39. The number of halogens is 3. The molecule has 3 heterocycles. The van der Waals surface area contributed by atoms with Crippen molar-refractivity contribution in [2.45, 2.75) is 25.1 Å². The highest BCUT2D eigenvalue weighted by Gasteiger charge is 2.36. The second kappa shape index (κ2) is 8.23. The molecule has 0 unspecified atom stereocenters. The zero-order valence-electron chi connectivity index (χ0n) is 17.5. The topological polar surface area (TPSA) is 104 Å². The van der Waals surface area contributed by atoms with Crippen molar-refractivity contribution in [2.75, 3.05) is 31.9 Å². The summed E-state index contributed by atoms with van der Waals surface area (Å²) < 4.78 is 59.6. The van der Waals surface area contributed by atoms with Gasteiger partial charge in [-0.2, -0.15) is 18.4 Å². The van der Waals surface area contributed by atoms with Gasteiger partial charge in [-0.05, 0) is 32.2 Å². The Morgan fingerprint density at radius 3 is 2.62 bits per heavy atom. The van der Waals surface area contributed by atoms with E-state index in [1.165, 1.54) is 25.6 Å². The highest BCUT2D eigenvalue weighted by molar-refractivity contribution is 7.70. The maximum atomic E-state index is 13.8. The summed E-state index contributed by atoms with van der Waals surface area (Å²) in [6.07, 6.45) is -1.08. The third kappa shape index (κ3) is 4.23. The maximum absolute atomic E-state index is 13.8. The molecule has 0 atom stereocenters. The van der Waals surface area contributed by atoms with E-state index in [1.54, 1.807) is 6.07 Å². The Balaban J connectivity index is 1.89. The molecule has 4 rings (SSSR count). The zero-order valence-corrected chi connectivity index (χ0v) is 18.3. The van der Waals surface area contributed by atoms with Crippen molar-refractivity contribution in [3.8, 4) is 17.3 Å². The molecule has 0 radical (unpaired) electrons. The molecule has 7 nitrogen and oxygen atoms in total. The molecule has 0 amide bonds. The number of rotatable bonds is 4. The van der Waals surface area contributed by atoms with Gasteiger partial charge in [-0.25, -0.2) is 9.97 Å². The first-order valence-corrected chi connectivity index (χ1v) is 12.6. The van der Waals surface area contributed by atoms with Crippen molar-refractivity contribution < 1.29 is 22.5 Å². The number of hydrogen-bond acceptors (Lipinski definition) is 6. The van der Waals surface area contributed by atoms with Gasteiger partial charge in [0.05, 0.1) is 28.1 Å². The predicted molar refractivity (Wildman–Crippen MR) is 116 cm³/mol. The molecule has 1 aliphatic rings. The van der Waals surface area contributed by atoms with Crippen LogP contribution in [0.4, 0.5) is 19.1 Å². The largest absolute Gasteiger partial charge is 0.419 e. The normalized spacial score (nSPS) is 15.6. The monoisotopic (exact) mass is 463 g/mol. The number of H-pyrrole nitrogens is 1. The van der Waals surface area contributed by atoms with Gasteiger partial charge in [0.15, 0.2) is 0 Å². The minimum atomic E-state index is -4.67. The van der Waals surface area contributed by atoms with E-state index in [0.29, 0.717) is 42.3 Å². The van der Waals surface area contributed by atoms with Crippen LogP contribution in [0, 0.1) is 11.3 Å². The molecule has 0 spiro atoms. The Bertz CT molecular complexity index is 1250. The molecule has 2 N–H and O–H groups in total. The number of nitriles is 1. The number of fused-ring (bicyclic) bond motifs is 1. The first kappa shape index (κ1) is 22.3. The summed E-state index contributed by atoms with van der Waals surface area (Å²) in [5, 5.41) is 13.3. The minimum absolute atomic E-state index is 0.00663. The van der Waals surface area contributed by atoms with Gasteiger partial charge in [0.25, 0.3) is 0 Å². The average Bonchev–Trinajstić information content (AvgIpc) is 3.16. The van der Waals surface area contributed by atoms with Crippen LogP contribution < -0.4 is 10.6 Å². The fraction of sp³-hybridized carbons (Fsp3) is 0.381. The van der Waals surface area contributed by atoms with E-state index >= 15 is 0 Å². The van der Waals surface area contributed by atoms with E-state index in [9.17, 15) is 23.0 Å². The smallest absolute Gasteiger partial charge is 0.381 e. The molecule has 3 aromatic rings. The summed E-state index contributed by atoms with van der Waals surface area (Å²) in [5.41, 5.74) is -0.467. The SMILES string of the molecule is CP(C)(=O)c1c(C#N)ccc2c(-c3nc(NC4CCOCC4)ncc3C(F)(F)F)c[nH]c12. The maximum Gasteiger partial charge on any atom is 0.419 e. The predicted octanol–water partition coefficient (Wildman–Crippen LogP) is 4.35. The number of alkyl halides is 3. The van der Waals surface area contributed by atoms with Crippen molar-refractivity contribution in [2.24, 2.45) is 0 Å². The zero-order chi connectivity index (χ0) is 23.1. The van der Waals surface area contributed by atoms with Gasteiger partial charge in [-0.1, -0.05) is 6.07 Å². The van der Waals surface area contributed by atoms with Crippen molar-refractivity contribution in [3.05, 3.63) is 35.7 Å². The molecule has 2 aromatic heterocycles. The van der Waals surface area contributed by atoms with Gasteiger partial charge in [0, 0.05) is 42.6 Å². The van der Waals surface area contributed by atoms with Crippen LogP contribution in [-0.2, 0) is 15.5 Å². The molecule has 11 heteroatoms. The molecule has 1 aromatic carbocycles. The number of nitrogens with one attached hydrogen (secondary N) is 2. The van der Waals surface area contributed by atoms with Gasteiger partial charge in [0.2, 0.25) is 5.95 Å². The summed E-state index contributed by atoms with van der Waals surface area (Å²) in [7, 11) is -2.91. The van der Waals surface area contributed by atoms with E-state index in [-0.39, 0.29) is 28.8 Å². The Hall–Kier alpha value is -2.89. The van der Waals surface area contributed by atoms with E-state index < -0.39 is 18.9 Å². The van der Waals surface area contributed by atoms with Crippen molar-refractivity contribution in [1.29, 1.82) is 5.26 Å². The summed E-state index contributed by atoms with van der Waals surface area (Å²) >= 11 is 0. The second-order valence-corrected chi connectivity index (χ2v) is 11.2. The van der Waals surface area contributed by atoms with Crippen LogP contribution in [0.5, 0.6) is 0 Å². The van der Waals surface area contributed by atoms with Crippen LogP contribution in [0.2, 0.25) is 0 Å². The Morgan fingerprint density at radius 2 is 2.00 bits per heavy atom. The molecule has 0 bridgehead atoms. The first-order valence-electron chi connectivity index (χ1n) is 9.98. The molecule has 0 saturated carbocycles. The van der Waals surface area contributed by atoms with Gasteiger partial charge in [-0.3, -0.25) is 0 Å². The molecule has 1 aliphatic heterocycles. The van der Waals surface area contributed by atoms with E-state index in [0.717, 1.165) is 6.20 Å². The Kier molecular flexibility index (Phi) is 5.74. The number of aromatic amines is 1. The lowest BCUT2D eigenvalue weighted by atomic mass is 10.0.